The molecular weight excluding hydrogens is 357 g/mol. The lowest BCUT2D eigenvalue weighted by Crippen LogP contribution is -2.21. The molecule has 1 aliphatic rings. The number of hydrogen-bond acceptors (Lipinski definition) is 2. The molecule has 3 rings (SSSR count). The summed E-state index contributed by atoms with van der Waals surface area (Å²) in [6.45, 7) is 0. The molecule has 7 heteroatoms. The molecule has 5 nitrogen and oxygen atoms in total. The minimum Gasteiger partial charge on any atom is -0.384 e. The molecule has 1 aliphatic carbocycles. The lowest BCUT2D eigenvalue weighted by atomic mass is 9.78. The van der Waals surface area contributed by atoms with E-state index < -0.39 is 0 Å². The number of halogens is 2. The average molecular weight is 380 g/mol. The first-order chi connectivity index (χ1) is 11.0. The number of nitrogens with one attached hydrogen (secondary N) is 1. The molecule has 0 spiro atoms. The number of fused-ring (bicyclic) bond motifs is 1. The largest absolute Gasteiger partial charge is 0.384 e. The van der Waals surface area contributed by atoms with Crippen molar-refractivity contribution in [1.82, 2.24) is 0 Å². The Morgan fingerprint density at radius 3 is 2.28 bits per heavy atom. The highest BCUT2D eigenvalue weighted by molar-refractivity contribution is 5.95. The van der Waals surface area contributed by atoms with Crippen molar-refractivity contribution >= 4 is 42.3 Å². The number of aryl methyl sites for hydroxylation is 1. The third-order valence-electron chi connectivity index (χ3n) is 4.32. The molecule has 0 aliphatic heterocycles. The SMILES string of the molecule is Cl.Cl.N=C(N)c1ccc2c(c1)C(c1ccc(N=C(N)N)cc1)CCC2. The van der Waals surface area contributed by atoms with Gasteiger partial charge in [-0.3, -0.25) is 5.41 Å². The molecule has 1 atom stereocenters. The summed E-state index contributed by atoms with van der Waals surface area (Å²) in [6.07, 6.45) is 3.33. The van der Waals surface area contributed by atoms with E-state index in [4.69, 9.17) is 22.6 Å². The van der Waals surface area contributed by atoms with E-state index in [1.54, 1.807) is 0 Å². The fraction of sp³-hybridized carbons (Fsp3) is 0.222. The Kier molecular flexibility index (Phi) is 7.27. The zero-order valence-corrected chi connectivity index (χ0v) is 15.4. The van der Waals surface area contributed by atoms with Gasteiger partial charge in [-0.05, 0) is 54.2 Å². The molecule has 1 unspecified atom stereocenters. The monoisotopic (exact) mass is 379 g/mol. The number of guanidine groups is 1. The Balaban J connectivity index is 0.00000156. The number of hydrogen-bond donors (Lipinski definition) is 4. The van der Waals surface area contributed by atoms with Crippen LogP contribution in [-0.4, -0.2) is 11.8 Å². The van der Waals surface area contributed by atoms with Crippen molar-refractivity contribution in [2.24, 2.45) is 22.2 Å². The summed E-state index contributed by atoms with van der Waals surface area (Å²) < 4.78 is 0. The van der Waals surface area contributed by atoms with Crippen LogP contribution in [0.1, 0.15) is 41.0 Å². The molecule has 2 aromatic rings. The maximum Gasteiger partial charge on any atom is 0.191 e. The third kappa shape index (κ3) is 4.65. The molecule has 134 valence electrons. The van der Waals surface area contributed by atoms with Gasteiger partial charge in [-0.15, -0.1) is 24.8 Å². The number of nitrogens with zero attached hydrogens (tertiary/aromatic N) is 1. The van der Waals surface area contributed by atoms with E-state index in [9.17, 15) is 0 Å². The lowest BCUT2D eigenvalue weighted by molar-refractivity contribution is 0.616. The van der Waals surface area contributed by atoms with Gasteiger partial charge in [-0.25, -0.2) is 4.99 Å². The van der Waals surface area contributed by atoms with Crippen LogP contribution < -0.4 is 17.2 Å². The van der Waals surface area contributed by atoms with Gasteiger partial charge in [-0.2, -0.15) is 0 Å². The van der Waals surface area contributed by atoms with E-state index in [2.05, 4.69) is 29.3 Å². The maximum absolute atomic E-state index is 7.66. The smallest absolute Gasteiger partial charge is 0.191 e. The van der Waals surface area contributed by atoms with Crippen LogP contribution in [0.15, 0.2) is 47.5 Å². The van der Waals surface area contributed by atoms with E-state index in [0.717, 1.165) is 30.5 Å². The normalized spacial score (nSPS) is 15.1. The van der Waals surface area contributed by atoms with Crippen molar-refractivity contribution in [3.05, 3.63) is 64.7 Å². The van der Waals surface area contributed by atoms with Crippen LogP contribution in [0.5, 0.6) is 0 Å². The van der Waals surface area contributed by atoms with Gasteiger partial charge < -0.3 is 17.2 Å². The molecule has 0 fully saturated rings. The van der Waals surface area contributed by atoms with Crippen LogP contribution in [0.25, 0.3) is 0 Å². The highest BCUT2D eigenvalue weighted by atomic mass is 35.5. The van der Waals surface area contributed by atoms with Gasteiger partial charge in [-0.1, -0.05) is 24.3 Å². The minimum absolute atomic E-state index is 0. The second kappa shape index (κ2) is 8.74. The van der Waals surface area contributed by atoms with E-state index in [0.29, 0.717) is 5.92 Å². The summed E-state index contributed by atoms with van der Waals surface area (Å²) in [4.78, 5) is 4.05. The van der Waals surface area contributed by atoms with Gasteiger partial charge in [0, 0.05) is 11.5 Å². The van der Waals surface area contributed by atoms with Crippen molar-refractivity contribution in [3.63, 3.8) is 0 Å². The van der Waals surface area contributed by atoms with Gasteiger partial charge in [0.25, 0.3) is 0 Å². The highest BCUT2D eigenvalue weighted by Crippen LogP contribution is 2.37. The van der Waals surface area contributed by atoms with E-state index in [-0.39, 0.29) is 36.6 Å². The van der Waals surface area contributed by atoms with Crippen molar-refractivity contribution in [1.29, 1.82) is 5.41 Å². The molecule has 25 heavy (non-hydrogen) atoms. The van der Waals surface area contributed by atoms with Crippen molar-refractivity contribution in [2.45, 2.75) is 25.2 Å². The number of nitrogen functional groups attached to an aromatic ring is 1. The molecule has 0 saturated carbocycles. The predicted molar refractivity (Wildman–Crippen MR) is 109 cm³/mol. The first-order valence-corrected chi connectivity index (χ1v) is 7.71. The number of rotatable bonds is 3. The third-order valence-corrected chi connectivity index (χ3v) is 4.32. The Morgan fingerprint density at radius 1 is 1.00 bits per heavy atom. The summed E-state index contributed by atoms with van der Waals surface area (Å²) in [5.41, 5.74) is 21.9. The van der Waals surface area contributed by atoms with Gasteiger partial charge in [0.05, 0.1) is 5.69 Å². The average Bonchev–Trinajstić information content (AvgIpc) is 2.54. The first kappa shape index (κ1) is 20.8. The van der Waals surface area contributed by atoms with Gasteiger partial charge in [0.15, 0.2) is 5.96 Å². The standard InChI is InChI=1S/C18H21N5.2ClH/c19-17(20)13-5-4-11-2-1-3-15(16(11)10-13)12-6-8-14(9-7-12)23-18(21)22;;/h4-10,15H,1-3H2,(H3,19,20)(H4,21,22,23);2*1H. The quantitative estimate of drug-likeness (QED) is 0.484. The maximum atomic E-state index is 7.66. The van der Waals surface area contributed by atoms with Crippen molar-refractivity contribution in [3.8, 4) is 0 Å². The fourth-order valence-electron chi connectivity index (χ4n) is 3.24. The van der Waals surface area contributed by atoms with Crippen LogP contribution in [0.2, 0.25) is 0 Å². The topological polar surface area (TPSA) is 114 Å². The van der Waals surface area contributed by atoms with Crippen LogP contribution in [0, 0.1) is 5.41 Å². The molecule has 2 aromatic carbocycles. The highest BCUT2D eigenvalue weighted by Gasteiger charge is 2.22. The van der Waals surface area contributed by atoms with Gasteiger partial charge >= 0.3 is 0 Å². The second-order valence-corrected chi connectivity index (χ2v) is 5.90. The zero-order valence-electron chi connectivity index (χ0n) is 13.7. The van der Waals surface area contributed by atoms with Crippen LogP contribution in [0.3, 0.4) is 0 Å². The second-order valence-electron chi connectivity index (χ2n) is 5.90. The van der Waals surface area contributed by atoms with Gasteiger partial charge in [0.2, 0.25) is 0 Å². The summed E-state index contributed by atoms with van der Waals surface area (Å²) in [7, 11) is 0. The number of amidine groups is 1. The van der Waals surface area contributed by atoms with Crippen molar-refractivity contribution in [2.75, 3.05) is 0 Å². The Labute approximate surface area is 160 Å². The van der Waals surface area contributed by atoms with E-state index in [1.165, 1.54) is 16.7 Å². The van der Waals surface area contributed by atoms with E-state index in [1.807, 2.05) is 18.2 Å². The molecule has 0 radical (unpaired) electrons. The fourth-order valence-corrected chi connectivity index (χ4v) is 3.24. The molecule has 0 heterocycles. The summed E-state index contributed by atoms with van der Waals surface area (Å²) in [5, 5.41) is 7.66. The number of nitrogens with two attached hydrogens (primary N) is 3. The minimum atomic E-state index is 0. The molecule has 0 amide bonds. The number of aliphatic imine (C=N–C) groups is 1. The predicted octanol–water partition coefficient (Wildman–Crippen LogP) is 3.19. The summed E-state index contributed by atoms with van der Waals surface area (Å²) >= 11 is 0. The van der Waals surface area contributed by atoms with Crippen LogP contribution in [-0.2, 0) is 6.42 Å². The van der Waals surface area contributed by atoms with Crippen LogP contribution in [0.4, 0.5) is 5.69 Å². The van der Waals surface area contributed by atoms with E-state index >= 15 is 0 Å². The molecule has 0 bridgehead atoms. The Hall–Kier alpha value is -2.24. The first-order valence-electron chi connectivity index (χ1n) is 7.71. The Bertz CT molecular complexity index is 768. The molecule has 7 N–H and O–H groups in total. The summed E-state index contributed by atoms with van der Waals surface area (Å²) in [5.74, 6) is 0.499. The number of benzene rings is 2. The molecule has 0 aromatic heterocycles. The van der Waals surface area contributed by atoms with Crippen molar-refractivity contribution < 1.29 is 0 Å². The Morgan fingerprint density at radius 2 is 1.68 bits per heavy atom. The van der Waals surface area contributed by atoms with Crippen LogP contribution >= 0.6 is 24.8 Å². The van der Waals surface area contributed by atoms with Gasteiger partial charge in [0.1, 0.15) is 5.84 Å². The lowest BCUT2D eigenvalue weighted by Gasteiger charge is -2.26. The zero-order chi connectivity index (χ0) is 16.4. The summed E-state index contributed by atoms with van der Waals surface area (Å²) in [6, 6.07) is 14.1. The molecule has 0 saturated heterocycles. The molecular formula is C18H23Cl2N5.